The van der Waals surface area contributed by atoms with Gasteiger partial charge in [0.25, 0.3) is 5.91 Å². The zero-order valence-electron chi connectivity index (χ0n) is 18.5. The molecular formula is C26H26N4O3. The second kappa shape index (κ2) is 8.67. The van der Waals surface area contributed by atoms with E-state index < -0.39 is 0 Å². The molecule has 1 unspecified atom stereocenters. The molecule has 0 saturated carbocycles. The second-order valence-corrected chi connectivity index (χ2v) is 8.56. The zero-order valence-corrected chi connectivity index (χ0v) is 18.5. The monoisotopic (exact) mass is 442 g/mol. The Kier molecular flexibility index (Phi) is 5.56. The van der Waals surface area contributed by atoms with Crippen molar-refractivity contribution in [1.29, 1.82) is 0 Å². The van der Waals surface area contributed by atoms with Crippen molar-refractivity contribution in [3.8, 4) is 11.1 Å². The summed E-state index contributed by atoms with van der Waals surface area (Å²) in [5.74, 6) is -0.175. The van der Waals surface area contributed by atoms with Crippen LogP contribution in [0.5, 0.6) is 0 Å². The zero-order chi connectivity index (χ0) is 22.9. The molecule has 0 radical (unpaired) electrons. The molecule has 7 nitrogen and oxygen atoms in total. The first-order valence-electron chi connectivity index (χ1n) is 11.2. The summed E-state index contributed by atoms with van der Waals surface area (Å²) in [7, 11) is 0. The van der Waals surface area contributed by atoms with Gasteiger partial charge in [0.2, 0.25) is 11.8 Å². The van der Waals surface area contributed by atoms with Crippen LogP contribution in [0, 0.1) is 0 Å². The van der Waals surface area contributed by atoms with Crippen LogP contribution in [0.1, 0.15) is 17.3 Å². The second-order valence-electron chi connectivity index (χ2n) is 8.56. The molecule has 0 bridgehead atoms. The Balaban J connectivity index is 1.49. The number of anilines is 1. The molecule has 2 fully saturated rings. The van der Waals surface area contributed by atoms with Gasteiger partial charge < -0.3 is 15.5 Å². The van der Waals surface area contributed by atoms with Crippen LogP contribution in [0.4, 0.5) is 5.69 Å². The number of amides is 3. The molecule has 2 saturated heterocycles. The molecule has 33 heavy (non-hydrogen) atoms. The Hall–Kier alpha value is -3.71. The molecule has 3 aromatic rings. The highest BCUT2D eigenvalue weighted by Crippen LogP contribution is 2.32. The van der Waals surface area contributed by atoms with E-state index in [0.29, 0.717) is 31.7 Å². The Morgan fingerprint density at radius 2 is 1.76 bits per heavy atom. The van der Waals surface area contributed by atoms with Crippen molar-refractivity contribution in [2.24, 2.45) is 0 Å². The predicted molar refractivity (Wildman–Crippen MR) is 128 cm³/mol. The number of carbonyl (C=O) groups excluding carboxylic acids is 3. The van der Waals surface area contributed by atoms with Gasteiger partial charge in [-0.05, 0) is 40.1 Å². The smallest absolute Gasteiger partial charge is 0.254 e. The van der Waals surface area contributed by atoms with Crippen molar-refractivity contribution >= 4 is 34.2 Å². The third-order valence-corrected chi connectivity index (χ3v) is 6.43. The predicted octanol–water partition coefficient (Wildman–Crippen LogP) is 2.72. The van der Waals surface area contributed by atoms with Gasteiger partial charge in [-0.2, -0.15) is 0 Å². The van der Waals surface area contributed by atoms with Gasteiger partial charge in [-0.1, -0.05) is 42.5 Å². The quantitative estimate of drug-likeness (QED) is 0.654. The fourth-order valence-corrected chi connectivity index (χ4v) is 4.85. The normalized spacial score (nSPS) is 18.5. The molecule has 1 atom stereocenters. The van der Waals surface area contributed by atoms with Gasteiger partial charge in [0.1, 0.15) is 6.04 Å². The van der Waals surface area contributed by atoms with Gasteiger partial charge in [-0.25, -0.2) is 0 Å². The van der Waals surface area contributed by atoms with E-state index >= 15 is 0 Å². The summed E-state index contributed by atoms with van der Waals surface area (Å²) in [6.45, 7) is 4.69. The minimum absolute atomic E-state index is 0.00184. The van der Waals surface area contributed by atoms with Gasteiger partial charge >= 0.3 is 0 Å². The van der Waals surface area contributed by atoms with E-state index in [2.05, 4.69) is 15.5 Å². The van der Waals surface area contributed by atoms with Crippen molar-refractivity contribution in [2.75, 3.05) is 38.0 Å². The fraction of sp³-hybridized carbons (Fsp3) is 0.269. The number of fused-ring (bicyclic) bond motifs is 2. The molecule has 2 N–H and O–H groups in total. The topological polar surface area (TPSA) is 81.8 Å². The number of rotatable bonds is 3. The van der Waals surface area contributed by atoms with E-state index in [0.717, 1.165) is 34.1 Å². The van der Waals surface area contributed by atoms with Crippen LogP contribution in [0.25, 0.3) is 21.9 Å². The average molecular weight is 443 g/mol. The van der Waals surface area contributed by atoms with E-state index in [1.54, 1.807) is 4.90 Å². The van der Waals surface area contributed by atoms with Crippen molar-refractivity contribution in [2.45, 2.75) is 13.0 Å². The Bertz CT molecular complexity index is 1260. The first-order valence-corrected chi connectivity index (χ1v) is 11.2. The molecule has 0 aromatic heterocycles. The summed E-state index contributed by atoms with van der Waals surface area (Å²) in [6.07, 6.45) is 0. The minimum Gasteiger partial charge on any atom is -0.353 e. The number of nitrogens with zero attached hydrogens (tertiary/aromatic N) is 2. The molecular weight excluding hydrogens is 416 g/mol. The van der Waals surface area contributed by atoms with Gasteiger partial charge in [0.05, 0.1) is 0 Å². The molecule has 2 aliphatic rings. The van der Waals surface area contributed by atoms with E-state index in [1.807, 2.05) is 60.7 Å². The lowest BCUT2D eigenvalue weighted by Gasteiger charge is -2.43. The van der Waals surface area contributed by atoms with Crippen LogP contribution >= 0.6 is 0 Å². The van der Waals surface area contributed by atoms with Crippen LogP contribution in [0.15, 0.2) is 60.7 Å². The highest BCUT2D eigenvalue weighted by atomic mass is 16.2. The van der Waals surface area contributed by atoms with E-state index in [9.17, 15) is 14.4 Å². The third-order valence-electron chi connectivity index (χ3n) is 6.43. The molecule has 3 aromatic carbocycles. The maximum atomic E-state index is 13.5. The van der Waals surface area contributed by atoms with Crippen LogP contribution in [0.3, 0.4) is 0 Å². The van der Waals surface area contributed by atoms with Crippen molar-refractivity contribution in [3.05, 3.63) is 66.2 Å². The molecule has 7 heteroatoms. The molecule has 5 rings (SSSR count). The van der Waals surface area contributed by atoms with Crippen LogP contribution in [0.2, 0.25) is 0 Å². The van der Waals surface area contributed by atoms with Crippen LogP contribution < -0.4 is 10.6 Å². The lowest BCUT2D eigenvalue weighted by molar-refractivity contribution is -0.131. The first-order chi connectivity index (χ1) is 16.0. The van der Waals surface area contributed by atoms with Crippen LogP contribution in [-0.2, 0) is 9.59 Å². The average Bonchev–Trinajstić information content (AvgIpc) is 2.83. The molecule has 3 amide bonds. The third kappa shape index (κ3) is 4.07. The Morgan fingerprint density at radius 3 is 2.61 bits per heavy atom. The Morgan fingerprint density at radius 1 is 0.970 bits per heavy atom. The van der Waals surface area contributed by atoms with Gasteiger partial charge in [0, 0.05) is 50.9 Å². The van der Waals surface area contributed by atoms with Gasteiger partial charge in [-0.3, -0.25) is 19.3 Å². The summed E-state index contributed by atoms with van der Waals surface area (Å²) in [4.78, 5) is 41.3. The lowest BCUT2D eigenvalue weighted by atomic mass is 9.94. The number of nitrogens with one attached hydrogen (secondary N) is 2. The van der Waals surface area contributed by atoms with Crippen molar-refractivity contribution < 1.29 is 14.4 Å². The number of hydrogen-bond donors (Lipinski definition) is 2. The van der Waals surface area contributed by atoms with Gasteiger partial charge in [0.15, 0.2) is 0 Å². The summed E-state index contributed by atoms with van der Waals surface area (Å²) in [5.41, 5.74) is 3.32. The number of carbonyl (C=O) groups is 3. The maximum absolute atomic E-state index is 13.5. The van der Waals surface area contributed by atoms with E-state index in [1.165, 1.54) is 6.92 Å². The van der Waals surface area contributed by atoms with Crippen LogP contribution in [-0.4, -0.2) is 66.3 Å². The summed E-state index contributed by atoms with van der Waals surface area (Å²) in [5, 5.41) is 7.58. The number of benzene rings is 3. The van der Waals surface area contributed by atoms with Crippen molar-refractivity contribution in [1.82, 2.24) is 15.1 Å². The molecule has 2 aliphatic heterocycles. The Labute approximate surface area is 192 Å². The lowest BCUT2D eigenvalue weighted by Crippen LogP contribution is -2.64. The van der Waals surface area contributed by atoms with Crippen molar-refractivity contribution in [3.63, 3.8) is 0 Å². The number of piperazine rings is 2. The molecule has 0 aliphatic carbocycles. The summed E-state index contributed by atoms with van der Waals surface area (Å²) in [6, 6.07) is 19.1. The summed E-state index contributed by atoms with van der Waals surface area (Å²) < 4.78 is 0. The van der Waals surface area contributed by atoms with E-state index in [4.69, 9.17) is 0 Å². The summed E-state index contributed by atoms with van der Waals surface area (Å²) >= 11 is 0. The van der Waals surface area contributed by atoms with E-state index in [-0.39, 0.29) is 23.8 Å². The minimum atomic E-state index is -0.279. The highest BCUT2D eigenvalue weighted by molar-refractivity contribution is 6.10. The molecule has 168 valence electrons. The first kappa shape index (κ1) is 21.2. The molecule has 0 spiro atoms. The SMILES string of the molecule is CC(=O)Nc1cccc(-c2cccc3c(C(=O)N4CCN5CCNC(=O)C5C4)cccc23)c1. The highest BCUT2D eigenvalue weighted by Gasteiger charge is 2.36. The fourth-order valence-electron chi connectivity index (χ4n) is 4.85. The molecule has 2 heterocycles. The standard InChI is InChI=1S/C26H26N4O3/c1-17(31)28-19-6-2-5-18(15-19)20-7-3-9-22-21(20)8-4-10-23(22)26(33)30-14-13-29-12-11-27-25(32)24(29)16-30/h2-10,15,24H,11-14,16H2,1H3,(H,27,32)(H,28,31). The maximum Gasteiger partial charge on any atom is 0.254 e. The number of hydrogen-bond acceptors (Lipinski definition) is 4. The largest absolute Gasteiger partial charge is 0.353 e. The van der Waals surface area contributed by atoms with Gasteiger partial charge in [-0.15, -0.1) is 0 Å².